The number of aryl methyl sites for hydroxylation is 1. The van der Waals surface area contributed by atoms with Gasteiger partial charge in [-0.05, 0) is 45.2 Å². The summed E-state index contributed by atoms with van der Waals surface area (Å²) < 4.78 is 20.6. The number of ether oxygens (including phenoxy) is 1. The Morgan fingerprint density at radius 3 is 2.72 bits per heavy atom. The van der Waals surface area contributed by atoms with Gasteiger partial charge in [-0.15, -0.1) is 4.72 Å². The van der Waals surface area contributed by atoms with E-state index in [2.05, 4.69) is 10.8 Å². The Bertz CT molecular complexity index is 428. The molecule has 0 saturated heterocycles. The minimum Gasteiger partial charge on any atom is -0.598 e. The first-order chi connectivity index (χ1) is 8.43. The van der Waals surface area contributed by atoms with Crippen LogP contribution in [0.5, 0.6) is 5.75 Å². The molecule has 0 aliphatic heterocycles. The first-order valence-electron chi connectivity index (χ1n) is 6.27. The molecule has 0 amide bonds. The van der Waals surface area contributed by atoms with Crippen molar-refractivity contribution in [2.45, 2.75) is 44.4 Å². The van der Waals surface area contributed by atoms with Crippen molar-refractivity contribution in [3.8, 4) is 5.75 Å². The van der Waals surface area contributed by atoms with Gasteiger partial charge in [-0.1, -0.05) is 12.1 Å². The summed E-state index contributed by atoms with van der Waals surface area (Å²) in [5.74, 6) is 0.897. The zero-order valence-electron chi connectivity index (χ0n) is 11.4. The third-order valence-electron chi connectivity index (χ3n) is 3.23. The molecule has 1 aliphatic carbocycles. The number of benzene rings is 1. The molecule has 0 aromatic heterocycles. The maximum Gasteiger partial charge on any atom is 0.136 e. The van der Waals surface area contributed by atoms with Gasteiger partial charge in [0.25, 0.3) is 0 Å². The summed E-state index contributed by atoms with van der Waals surface area (Å²) in [7, 11) is 1.69. The molecular weight excluding hydrogens is 246 g/mol. The summed E-state index contributed by atoms with van der Waals surface area (Å²) >= 11 is -1.05. The Labute approximate surface area is 112 Å². The van der Waals surface area contributed by atoms with Crippen molar-refractivity contribution < 1.29 is 9.29 Å². The Kier molecular flexibility index (Phi) is 3.90. The quantitative estimate of drug-likeness (QED) is 0.856. The van der Waals surface area contributed by atoms with E-state index in [-0.39, 0.29) is 10.8 Å². The lowest BCUT2D eigenvalue weighted by atomic mass is 10.1. The summed E-state index contributed by atoms with van der Waals surface area (Å²) in [5.41, 5.74) is 2.48. The molecule has 0 bridgehead atoms. The molecule has 0 saturated carbocycles. The van der Waals surface area contributed by atoms with Gasteiger partial charge in [0.2, 0.25) is 0 Å². The van der Waals surface area contributed by atoms with Crippen molar-refractivity contribution in [1.29, 1.82) is 0 Å². The molecule has 1 aliphatic rings. The minimum absolute atomic E-state index is 0.135. The fraction of sp³-hybridized carbons (Fsp3) is 0.571. The highest BCUT2D eigenvalue weighted by atomic mass is 32.2. The summed E-state index contributed by atoms with van der Waals surface area (Å²) in [5, 5.41) is 0. The Morgan fingerprint density at radius 1 is 1.39 bits per heavy atom. The third kappa shape index (κ3) is 2.66. The van der Waals surface area contributed by atoms with Crippen LogP contribution in [0.4, 0.5) is 0 Å². The molecule has 1 aromatic carbocycles. The zero-order chi connectivity index (χ0) is 13.3. The molecule has 2 rings (SSSR count). The van der Waals surface area contributed by atoms with E-state index in [0.29, 0.717) is 0 Å². The molecule has 0 spiro atoms. The standard InChI is InChI=1S/C14H21NO2S/c1-14(2,3)18(16)15-11-9-8-10-6-5-7-12(17-4)13(10)11/h5-7,11,15H,8-9H2,1-4H3/t11-,18?/m0/s1. The number of nitrogens with one attached hydrogen (secondary N) is 1. The van der Waals surface area contributed by atoms with Crippen LogP contribution in [0, 0.1) is 0 Å². The van der Waals surface area contributed by atoms with Gasteiger partial charge in [0.1, 0.15) is 10.5 Å². The zero-order valence-corrected chi connectivity index (χ0v) is 12.3. The van der Waals surface area contributed by atoms with Crippen molar-refractivity contribution in [1.82, 2.24) is 4.72 Å². The van der Waals surface area contributed by atoms with Crippen molar-refractivity contribution in [3.05, 3.63) is 29.3 Å². The monoisotopic (exact) mass is 267 g/mol. The van der Waals surface area contributed by atoms with Gasteiger partial charge >= 0.3 is 0 Å². The molecule has 1 aromatic rings. The molecular formula is C14H21NO2S. The summed E-state index contributed by atoms with van der Waals surface area (Å²) in [6.07, 6.45) is 2.00. The van der Waals surface area contributed by atoms with Crippen LogP contribution in [-0.2, 0) is 17.8 Å². The number of fused-ring (bicyclic) bond motifs is 1. The highest BCUT2D eigenvalue weighted by Gasteiger charge is 2.34. The molecule has 0 heterocycles. The molecule has 3 nitrogen and oxygen atoms in total. The van der Waals surface area contributed by atoms with E-state index in [4.69, 9.17) is 4.74 Å². The molecule has 2 atom stereocenters. The maximum absolute atomic E-state index is 12.2. The molecule has 100 valence electrons. The third-order valence-corrected chi connectivity index (χ3v) is 4.84. The number of rotatable bonds is 3. The van der Waals surface area contributed by atoms with Crippen LogP contribution in [0.15, 0.2) is 18.2 Å². The van der Waals surface area contributed by atoms with Crippen LogP contribution in [0.3, 0.4) is 0 Å². The maximum atomic E-state index is 12.2. The first kappa shape index (κ1) is 13.7. The molecule has 1 unspecified atom stereocenters. The van der Waals surface area contributed by atoms with Gasteiger partial charge in [0.05, 0.1) is 13.2 Å². The first-order valence-corrected chi connectivity index (χ1v) is 7.42. The van der Waals surface area contributed by atoms with Crippen LogP contribution in [-0.4, -0.2) is 16.4 Å². The molecule has 0 fully saturated rings. The van der Waals surface area contributed by atoms with Crippen LogP contribution in [0.1, 0.15) is 44.4 Å². The topological polar surface area (TPSA) is 44.3 Å². The second kappa shape index (κ2) is 5.11. The van der Waals surface area contributed by atoms with E-state index in [1.54, 1.807) is 7.11 Å². The van der Waals surface area contributed by atoms with E-state index in [1.807, 2.05) is 32.9 Å². The summed E-state index contributed by atoms with van der Waals surface area (Å²) in [6, 6.07) is 6.25. The van der Waals surface area contributed by atoms with Crippen LogP contribution >= 0.6 is 0 Å². The lowest BCUT2D eigenvalue weighted by molar-refractivity contribution is 0.404. The summed E-state index contributed by atoms with van der Waals surface area (Å²) in [6.45, 7) is 5.94. The van der Waals surface area contributed by atoms with Crippen LogP contribution < -0.4 is 9.46 Å². The Morgan fingerprint density at radius 2 is 2.11 bits per heavy atom. The van der Waals surface area contributed by atoms with Crippen LogP contribution in [0.2, 0.25) is 0 Å². The second-order valence-electron chi connectivity index (χ2n) is 5.62. The lowest BCUT2D eigenvalue weighted by Crippen LogP contribution is -2.40. The average Bonchev–Trinajstić information content (AvgIpc) is 2.71. The lowest BCUT2D eigenvalue weighted by Gasteiger charge is -2.27. The van der Waals surface area contributed by atoms with Gasteiger partial charge < -0.3 is 9.29 Å². The van der Waals surface area contributed by atoms with Crippen molar-refractivity contribution in [2.24, 2.45) is 0 Å². The minimum atomic E-state index is -1.05. The van der Waals surface area contributed by atoms with Gasteiger partial charge in [-0.25, -0.2) is 0 Å². The predicted molar refractivity (Wildman–Crippen MR) is 75.1 cm³/mol. The van der Waals surface area contributed by atoms with E-state index >= 15 is 0 Å². The second-order valence-corrected chi connectivity index (χ2v) is 7.62. The number of methoxy groups -OCH3 is 1. The normalized spacial score (nSPS) is 20.6. The fourth-order valence-corrected chi connectivity index (χ4v) is 3.10. The highest BCUT2D eigenvalue weighted by Crippen LogP contribution is 2.38. The van der Waals surface area contributed by atoms with Gasteiger partial charge in [0.15, 0.2) is 0 Å². The van der Waals surface area contributed by atoms with E-state index < -0.39 is 11.4 Å². The van der Waals surface area contributed by atoms with Crippen molar-refractivity contribution >= 4 is 11.4 Å². The van der Waals surface area contributed by atoms with Gasteiger partial charge in [-0.2, -0.15) is 0 Å². The largest absolute Gasteiger partial charge is 0.598 e. The van der Waals surface area contributed by atoms with E-state index in [0.717, 1.165) is 18.6 Å². The smallest absolute Gasteiger partial charge is 0.136 e. The van der Waals surface area contributed by atoms with Crippen molar-refractivity contribution in [2.75, 3.05) is 7.11 Å². The molecule has 18 heavy (non-hydrogen) atoms. The van der Waals surface area contributed by atoms with Crippen molar-refractivity contribution in [3.63, 3.8) is 0 Å². The average molecular weight is 267 g/mol. The Hall–Kier alpha value is -0.710. The van der Waals surface area contributed by atoms with E-state index in [1.165, 1.54) is 11.1 Å². The van der Waals surface area contributed by atoms with Crippen LogP contribution in [0.25, 0.3) is 0 Å². The summed E-state index contributed by atoms with van der Waals surface area (Å²) in [4.78, 5) is 0. The number of hydrogen-bond donors (Lipinski definition) is 1. The Balaban J connectivity index is 2.21. The predicted octanol–water partition coefficient (Wildman–Crippen LogP) is 2.73. The molecule has 4 heteroatoms. The SMILES string of the molecule is COc1cccc2c1[C@@H](N[S+]([O-])C(C)(C)C)CC2. The van der Waals surface area contributed by atoms with E-state index in [9.17, 15) is 4.55 Å². The van der Waals surface area contributed by atoms with Gasteiger partial charge in [0, 0.05) is 16.9 Å². The fourth-order valence-electron chi connectivity index (χ4n) is 2.25. The highest BCUT2D eigenvalue weighted by molar-refractivity contribution is 7.90. The molecule has 0 radical (unpaired) electrons. The molecule has 1 N–H and O–H groups in total. The number of hydrogen-bond acceptors (Lipinski definition) is 3. The van der Waals surface area contributed by atoms with Gasteiger partial charge in [-0.3, -0.25) is 0 Å².